The van der Waals surface area contributed by atoms with E-state index in [1.807, 2.05) is 11.7 Å². The van der Waals surface area contributed by atoms with Crippen molar-refractivity contribution >= 4 is 11.6 Å². The van der Waals surface area contributed by atoms with Crippen molar-refractivity contribution in [1.29, 1.82) is 0 Å². The molecule has 1 fully saturated rings. The molecule has 0 aliphatic heterocycles. The third-order valence-corrected chi connectivity index (χ3v) is 4.96. The molecule has 1 N–H and O–H groups in total. The van der Waals surface area contributed by atoms with E-state index in [0.29, 0.717) is 5.41 Å². The highest BCUT2D eigenvalue weighted by atomic mass is 35.5. The number of hydrogen-bond acceptors (Lipinski definition) is 2. The van der Waals surface area contributed by atoms with Crippen molar-refractivity contribution in [3.8, 4) is 0 Å². The third-order valence-electron chi connectivity index (χ3n) is 4.39. The van der Waals surface area contributed by atoms with Crippen LogP contribution in [0.2, 0.25) is 0 Å². The third kappa shape index (κ3) is 3.73. The predicted octanol–water partition coefficient (Wildman–Crippen LogP) is 3.26. The molecule has 0 saturated heterocycles. The summed E-state index contributed by atoms with van der Waals surface area (Å²) >= 11 is 6.22. The molecule has 3 nitrogen and oxygen atoms in total. The topological polar surface area (TPSA) is 29.9 Å². The lowest BCUT2D eigenvalue weighted by Gasteiger charge is -2.35. The number of nitrogens with one attached hydrogen (secondary N) is 1. The van der Waals surface area contributed by atoms with Crippen LogP contribution in [-0.2, 0) is 20.0 Å². The molecule has 108 valence electrons. The number of aryl methyl sites for hydroxylation is 2. The highest BCUT2D eigenvalue weighted by molar-refractivity contribution is 6.18. The fourth-order valence-corrected chi connectivity index (χ4v) is 3.39. The van der Waals surface area contributed by atoms with Gasteiger partial charge in [0.2, 0.25) is 0 Å². The number of rotatable bonds is 6. The van der Waals surface area contributed by atoms with Gasteiger partial charge in [-0.2, -0.15) is 5.10 Å². The van der Waals surface area contributed by atoms with Gasteiger partial charge in [-0.1, -0.05) is 26.2 Å². The Labute approximate surface area is 121 Å². The van der Waals surface area contributed by atoms with Gasteiger partial charge in [0.25, 0.3) is 0 Å². The Morgan fingerprint density at radius 1 is 1.37 bits per heavy atom. The summed E-state index contributed by atoms with van der Waals surface area (Å²) in [5, 5.41) is 8.08. The normalized spacial score (nSPS) is 18.7. The van der Waals surface area contributed by atoms with E-state index in [4.69, 9.17) is 11.6 Å². The summed E-state index contributed by atoms with van der Waals surface area (Å²) in [4.78, 5) is 0. The molecule has 0 spiro atoms. The van der Waals surface area contributed by atoms with E-state index in [9.17, 15) is 0 Å². The van der Waals surface area contributed by atoms with Crippen molar-refractivity contribution in [3.63, 3.8) is 0 Å². The van der Waals surface area contributed by atoms with E-state index < -0.39 is 0 Å². The van der Waals surface area contributed by atoms with Crippen LogP contribution >= 0.6 is 11.6 Å². The number of halogens is 1. The van der Waals surface area contributed by atoms with Gasteiger partial charge in [-0.3, -0.25) is 4.68 Å². The molecule has 19 heavy (non-hydrogen) atoms. The molecular weight excluding hydrogens is 258 g/mol. The van der Waals surface area contributed by atoms with Crippen LogP contribution in [0.4, 0.5) is 0 Å². The highest BCUT2D eigenvalue weighted by Crippen LogP contribution is 2.36. The minimum absolute atomic E-state index is 0.325. The quantitative estimate of drug-likeness (QED) is 0.812. The van der Waals surface area contributed by atoms with Crippen LogP contribution in [0, 0.1) is 5.41 Å². The van der Waals surface area contributed by atoms with Crippen molar-refractivity contribution in [3.05, 3.63) is 17.5 Å². The molecule has 2 rings (SSSR count). The Bertz CT molecular complexity index is 394. The van der Waals surface area contributed by atoms with Crippen LogP contribution < -0.4 is 5.32 Å². The van der Waals surface area contributed by atoms with Gasteiger partial charge in [0, 0.05) is 26.0 Å². The number of aromatic nitrogens is 2. The lowest BCUT2D eigenvalue weighted by molar-refractivity contribution is 0.211. The fourth-order valence-electron chi connectivity index (χ4n) is 3.02. The summed E-state index contributed by atoms with van der Waals surface area (Å²) in [7, 11) is 2.02. The van der Waals surface area contributed by atoms with Crippen molar-refractivity contribution in [1.82, 2.24) is 15.1 Å². The Morgan fingerprint density at radius 3 is 2.68 bits per heavy atom. The molecule has 0 bridgehead atoms. The molecule has 1 aliphatic rings. The number of hydrogen-bond donors (Lipinski definition) is 1. The van der Waals surface area contributed by atoms with Crippen molar-refractivity contribution in [2.24, 2.45) is 12.5 Å². The minimum atomic E-state index is 0.325. The Kier molecular flexibility index (Phi) is 5.28. The summed E-state index contributed by atoms with van der Waals surface area (Å²) < 4.78 is 1.99. The lowest BCUT2D eigenvalue weighted by atomic mass is 9.75. The fraction of sp³-hybridized carbons (Fsp3) is 0.800. The van der Waals surface area contributed by atoms with Gasteiger partial charge in [0.05, 0.1) is 11.4 Å². The van der Waals surface area contributed by atoms with E-state index in [1.165, 1.54) is 43.5 Å². The summed E-state index contributed by atoms with van der Waals surface area (Å²) in [6.45, 7) is 4.06. The summed E-state index contributed by atoms with van der Waals surface area (Å²) in [6, 6.07) is 2.20. The maximum Gasteiger partial charge on any atom is 0.0625 e. The minimum Gasteiger partial charge on any atom is -0.311 e. The first-order chi connectivity index (χ1) is 9.19. The van der Waals surface area contributed by atoms with Gasteiger partial charge in [-0.25, -0.2) is 0 Å². The van der Waals surface area contributed by atoms with Gasteiger partial charge in [0.1, 0.15) is 0 Å². The Morgan fingerprint density at radius 2 is 2.11 bits per heavy atom. The first-order valence-corrected chi connectivity index (χ1v) is 8.01. The summed E-state index contributed by atoms with van der Waals surface area (Å²) in [5.41, 5.74) is 2.76. The molecule has 0 amide bonds. The second kappa shape index (κ2) is 6.76. The maximum atomic E-state index is 6.22. The highest BCUT2D eigenvalue weighted by Gasteiger charge is 2.30. The van der Waals surface area contributed by atoms with Gasteiger partial charge in [-0.05, 0) is 30.7 Å². The van der Waals surface area contributed by atoms with Crippen LogP contribution in [0.25, 0.3) is 0 Å². The standard InChI is InChI=1S/C15H26ClN3/c1-3-13-9-14(19(2)18-13)10-17-12-15(11-16)7-5-4-6-8-15/h9,17H,3-8,10-12H2,1-2H3. The lowest BCUT2D eigenvalue weighted by Crippen LogP contribution is -2.37. The average molecular weight is 284 g/mol. The molecular formula is C15H26ClN3. The zero-order valence-corrected chi connectivity index (χ0v) is 13.0. The monoisotopic (exact) mass is 283 g/mol. The second-order valence-corrected chi connectivity index (χ2v) is 6.17. The molecule has 1 aromatic heterocycles. The summed E-state index contributed by atoms with van der Waals surface area (Å²) in [6.07, 6.45) is 7.59. The van der Waals surface area contributed by atoms with Crippen LogP contribution in [0.1, 0.15) is 50.4 Å². The largest absolute Gasteiger partial charge is 0.311 e. The van der Waals surface area contributed by atoms with Gasteiger partial charge in [-0.15, -0.1) is 11.6 Å². The zero-order valence-electron chi connectivity index (χ0n) is 12.2. The molecule has 1 saturated carbocycles. The van der Waals surface area contributed by atoms with E-state index in [0.717, 1.165) is 25.4 Å². The van der Waals surface area contributed by atoms with E-state index in [2.05, 4.69) is 23.4 Å². The maximum absolute atomic E-state index is 6.22. The van der Waals surface area contributed by atoms with Gasteiger partial charge >= 0.3 is 0 Å². The van der Waals surface area contributed by atoms with Crippen LogP contribution in [-0.4, -0.2) is 22.2 Å². The van der Waals surface area contributed by atoms with Crippen molar-refractivity contribution in [2.75, 3.05) is 12.4 Å². The van der Waals surface area contributed by atoms with Crippen molar-refractivity contribution in [2.45, 2.75) is 52.0 Å². The van der Waals surface area contributed by atoms with E-state index in [-0.39, 0.29) is 0 Å². The van der Waals surface area contributed by atoms with Crippen LogP contribution in [0.3, 0.4) is 0 Å². The SMILES string of the molecule is CCc1cc(CNCC2(CCl)CCCCC2)n(C)n1. The van der Waals surface area contributed by atoms with Crippen molar-refractivity contribution < 1.29 is 0 Å². The Hall–Kier alpha value is -0.540. The van der Waals surface area contributed by atoms with Gasteiger partial charge in [0.15, 0.2) is 0 Å². The molecule has 4 heteroatoms. The Balaban J connectivity index is 1.86. The zero-order chi connectivity index (χ0) is 13.7. The molecule has 0 radical (unpaired) electrons. The average Bonchev–Trinajstić information content (AvgIpc) is 2.81. The van der Waals surface area contributed by atoms with E-state index >= 15 is 0 Å². The van der Waals surface area contributed by atoms with E-state index in [1.54, 1.807) is 0 Å². The summed E-state index contributed by atoms with van der Waals surface area (Å²) in [5.74, 6) is 0.783. The van der Waals surface area contributed by atoms with Crippen LogP contribution in [0.15, 0.2) is 6.07 Å². The molecule has 1 aromatic rings. The second-order valence-electron chi connectivity index (χ2n) is 5.90. The van der Waals surface area contributed by atoms with Crippen LogP contribution in [0.5, 0.6) is 0 Å². The number of alkyl halides is 1. The molecule has 1 heterocycles. The first-order valence-electron chi connectivity index (χ1n) is 7.47. The molecule has 0 atom stereocenters. The first kappa shape index (κ1) is 14.9. The molecule has 1 aliphatic carbocycles. The predicted molar refractivity (Wildman–Crippen MR) is 80.5 cm³/mol. The molecule has 0 unspecified atom stereocenters. The number of nitrogens with zero attached hydrogens (tertiary/aromatic N) is 2. The van der Waals surface area contributed by atoms with Gasteiger partial charge < -0.3 is 5.32 Å². The molecule has 0 aromatic carbocycles. The smallest absolute Gasteiger partial charge is 0.0625 e.